The van der Waals surface area contributed by atoms with Crippen molar-refractivity contribution in [3.8, 4) is 0 Å². The van der Waals surface area contributed by atoms with Crippen molar-refractivity contribution in [2.24, 2.45) is 0 Å². The standard InChI is InChI=1S/C26H31NO7/c1-17(28)27-21-23(29-13-18-9-5-3-6-10-18)22-20(33-25(21)31-15-26(2)16-32-26)14-30-24(34-22)19-11-7-4-8-12-19/h3-12,20-25H,13-16H2,1-2H3,(H,27,28)/t20-,21-,22-,23-,24-,25-,26+/m1/s1. The summed E-state index contributed by atoms with van der Waals surface area (Å²) in [6, 6.07) is 19.1. The molecule has 3 fully saturated rings. The Morgan fingerprint density at radius 3 is 2.44 bits per heavy atom. The Kier molecular flexibility index (Phi) is 6.96. The zero-order valence-corrected chi connectivity index (χ0v) is 19.4. The van der Waals surface area contributed by atoms with Crippen LogP contribution in [0.5, 0.6) is 0 Å². The van der Waals surface area contributed by atoms with Crippen LogP contribution < -0.4 is 5.32 Å². The Hall–Kier alpha value is -2.33. The normalized spacial score (nSPS) is 34.8. The predicted molar refractivity (Wildman–Crippen MR) is 122 cm³/mol. The van der Waals surface area contributed by atoms with Crippen molar-refractivity contribution in [2.75, 3.05) is 19.8 Å². The molecule has 0 aliphatic carbocycles. The van der Waals surface area contributed by atoms with E-state index in [1.54, 1.807) is 0 Å². The molecule has 2 aromatic rings. The molecular weight excluding hydrogens is 438 g/mol. The number of carbonyl (C=O) groups excluding carboxylic acids is 1. The van der Waals surface area contributed by atoms with Crippen LogP contribution in [0.2, 0.25) is 0 Å². The molecule has 34 heavy (non-hydrogen) atoms. The molecule has 0 unspecified atom stereocenters. The largest absolute Gasteiger partial charge is 0.368 e. The zero-order chi connectivity index (χ0) is 23.5. The fraction of sp³-hybridized carbons (Fsp3) is 0.500. The summed E-state index contributed by atoms with van der Waals surface area (Å²) in [4.78, 5) is 12.2. The Bertz CT molecular complexity index is 952. The van der Waals surface area contributed by atoms with Crippen LogP contribution >= 0.6 is 0 Å². The number of hydrogen-bond donors (Lipinski definition) is 1. The van der Waals surface area contributed by atoms with Gasteiger partial charge in [-0.15, -0.1) is 0 Å². The van der Waals surface area contributed by atoms with Crippen molar-refractivity contribution in [1.29, 1.82) is 0 Å². The molecule has 3 saturated heterocycles. The van der Waals surface area contributed by atoms with Gasteiger partial charge >= 0.3 is 0 Å². The summed E-state index contributed by atoms with van der Waals surface area (Å²) in [5, 5.41) is 2.99. The lowest BCUT2D eigenvalue weighted by molar-refractivity contribution is -0.350. The average molecular weight is 470 g/mol. The van der Waals surface area contributed by atoms with Gasteiger partial charge in [0.2, 0.25) is 5.91 Å². The third-order valence-corrected chi connectivity index (χ3v) is 6.26. The Morgan fingerprint density at radius 2 is 1.76 bits per heavy atom. The Labute approximate surface area is 199 Å². The highest BCUT2D eigenvalue weighted by atomic mass is 16.8. The van der Waals surface area contributed by atoms with Crippen molar-refractivity contribution in [3.63, 3.8) is 0 Å². The summed E-state index contributed by atoms with van der Waals surface area (Å²) in [6.07, 6.45) is -2.68. The molecule has 3 aliphatic rings. The lowest BCUT2D eigenvalue weighted by Gasteiger charge is -2.49. The van der Waals surface area contributed by atoms with Crippen LogP contribution in [0, 0.1) is 0 Å². The minimum absolute atomic E-state index is 0.200. The maximum Gasteiger partial charge on any atom is 0.217 e. The molecule has 0 saturated carbocycles. The summed E-state index contributed by atoms with van der Waals surface area (Å²) < 4.78 is 36.7. The number of hydrogen-bond acceptors (Lipinski definition) is 7. The van der Waals surface area contributed by atoms with E-state index in [0.717, 1.165) is 11.1 Å². The van der Waals surface area contributed by atoms with Gasteiger partial charge in [0, 0.05) is 12.5 Å². The highest BCUT2D eigenvalue weighted by Crippen LogP contribution is 2.37. The van der Waals surface area contributed by atoms with E-state index in [9.17, 15) is 4.79 Å². The predicted octanol–water partition coefficient (Wildman–Crippen LogP) is 2.72. The molecule has 5 rings (SSSR count). The van der Waals surface area contributed by atoms with Crippen molar-refractivity contribution in [2.45, 2.75) is 63.0 Å². The number of amides is 1. The molecule has 0 aromatic heterocycles. The summed E-state index contributed by atoms with van der Waals surface area (Å²) in [7, 11) is 0. The highest BCUT2D eigenvalue weighted by Gasteiger charge is 2.52. The van der Waals surface area contributed by atoms with Gasteiger partial charge in [0.05, 0.1) is 26.4 Å². The Morgan fingerprint density at radius 1 is 1.06 bits per heavy atom. The van der Waals surface area contributed by atoms with Crippen LogP contribution in [0.4, 0.5) is 0 Å². The molecule has 1 amide bonds. The smallest absolute Gasteiger partial charge is 0.217 e. The molecular formula is C26H31NO7. The summed E-state index contributed by atoms with van der Waals surface area (Å²) in [5.41, 5.74) is 1.62. The van der Waals surface area contributed by atoms with Gasteiger partial charge < -0.3 is 33.7 Å². The molecule has 7 atom stereocenters. The summed E-state index contributed by atoms with van der Waals surface area (Å²) >= 11 is 0. The van der Waals surface area contributed by atoms with Crippen molar-refractivity contribution in [3.05, 3.63) is 71.8 Å². The second-order valence-electron chi connectivity index (χ2n) is 9.26. The minimum Gasteiger partial charge on any atom is -0.368 e. The van der Waals surface area contributed by atoms with Crippen LogP contribution in [0.1, 0.15) is 31.3 Å². The Balaban J connectivity index is 1.39. The fourth-order valence-corrected chi connectivity index (χ4v) is 4.31. The molecule has 1 N–H and O–H groups in total. The van der Waals surface area contributed by atoms with Crippen molar-refractivity contribution >= 4 is 5.91 Å². The monoisotopic (exact) mass is 469 g/mol. The molecule has 0 radical (unpaired) electrons. The molecule has 3 heterocycles. The highest BCUT2D eigenvalue weighted by molar-refractivity contribution is 5.73. The number of benzene rings is 2. The fourth-order valence-electron chi connectivity index (χ4n) is 4.31. The second kappa shape index (κ2) is 10.1. The van der Waals surface area contributed by atoms with Crippen molar-refractivity contribution < 1.29 is 33.2 Å². The summed E-state index contributed by atoms with van der Waals surface area (Å²) in [5.74, 6) is -0.200. The quantitative estimate of drug-likeness (QED) is 0.595. The first-order valence-corrected chi connectivity index (χ1v) is 11.7. The zero-order valence-electron chi connectivity index (χ0n) is 19.4. The van der Waals surface area contributed by atoms with E-state index in [-0.39, 0.29) is 11.5 Å². The van der Waals surface area contributed by atoms with E-state index in [2.05, 4.69) is 5.32 Å². The number of ether oxygens (including phenoxy) is 6. The van der Waals surface area contributed by atoms with Crippen LogP contribution in [0.25, 0.3) is 0 Å². The SMILES string of the molecule is CC(=O)N[C@H]1[C@H](OC[C@@]2(C)CO2)O[C@@H]2CO[C@@H](c3ccccc3)O[C@H]2[C@@H]1OCc1ccccc1. The first kappa shape index (κ1) is 23.4. The van der Waals surface area contributed by atoms with Gasteiger partial charge in [0.25, 0.3) is 0 Å². The number of carbonyl (C=O) groups is 1. The molecule has 0 spiro atoms. The van der Waals surface area contributed by atoms with Gasteiger partial charge in [-0.2, -0.15) is 0 Å². The number of rotatable bonds is 8. The number of nitrogens with one attached hydrogen (secondary N) is 1. The number of epoxide rings is 1. The molecule has 8 heteroatoms. The third kappa shape index (κ3) is 5.49. The van der Waals surface area contributed by atoms with Crippen LogP contribution in [0.15, 0.2) is 60.7 Å². The van der Waals surface area contributed by atoms with E-state index >= 15 is 0 Å². The maximum atomic E-state index is 12.2. The topological polar surface area (TPSA) is 87.8 Å². The van der Waals surface area contributed by atoms with E-state index in [1.807, 2.05) is 67.6 Å². The third-order valence-electron chi connectivity index (χ3n) is 6.26. The van der Waals surface area contributed by atoms with Gasteiger partial charge in [0.15, 0.2) is 12.6 Å². The lowest BCUT2D eigenvalue weighted by atomic mass is 9.95. The van der Waals surface area contributed by atoms with E-state index in [0.29, 0.717) is 26.4 Å². The maximum absolute atomic E-state index is 12.2. The average Bonchev–Trinajstić information content (AvgIpc) is 3.60. The van der Waals surface area contributed by atoms with Crippen LogP contribution in [-0.2, 0) is 39.8 Å². The van der Waals surface area contributed by atoms with Gasteiger partial charge in [0.1, 0.15) is 30.0 Å². The van der Waals surface area contributed by atoms with Gasteiger partial charge in [-0.05, 0) is 12.5 Å². The van der Waals surface area contributed by atoms with Gasteiger partial charge in [-0.25, -0.2) is 0 Å². The molecule has 8 nitrogen and oxygen atoms in total. The first-order valence-electron chi connectivity index (χ1n) is 11.7. The molecule has 3 aliphatic heterocycles. The summed E-state index contributed by atoms with van der Waals surface area (Å²) in [6.45, 7) is 5.11. The second-order valence-corrected chi connectivity index (χ2v) is 9.26. The van der Waals surface area contributed by atoms with E-state index in [4.69, 9.17) is 28.4 Å². The number of fused-ring (bicyclic) bond motifs is 1. The van der Waals surface area contributed by atoms with E-state index < -0.39 is 36.9 Å². The van der Waals surface area contributed by atoms with Crippen LogP contribution in [0.3, 0.4) is 0 Å². The van der Waals surface area contributed by atoms with Crippen molar-refractivity contribution in [1.82, 2.24) is 5.32 Å². The first-order chi connectivity index (χ1) is 16.5. The van der Waals surface area contributed by atoms with Gasteiger partial charge in [-0.3, -0.25) is 4.79 Å². The molecule has 2 aromatic carbocycles. The molecule has 0 bridgehead atoms. The lowest BCUT2D eigenvalue weighted by Crippen LogP contribution is -2.67. The minimum atomic E-state index is -0.729. The molecule has 182 valence electrons. The van der Waals surface area contributed by atoms with Gasteiger partial charge in [-0.1, -0.05) is 60.7 Å². The van der Waals surface area contributed by atoms with E-state index in [1.165, 1.54) is 6.92 Å². The van der Waals surface area contributed by atoms with Crippen LogP contribution in [-0.4, -0.2) is 62.0 Å².